The van der Waals surface area contributed by atoms with Crippen LogP contribution in [-0.2, 0) is 9.53 Å². The summed E-state index contributed by atoms with van der Waals surface area (Å²) in [4.78, 5) is 39.7. The number of H-pyrrole nitrogens is 1. The Bertz CT molecular complexity index is 1200. The number of likely N-dealkylation sites (tertiary alicyclic amines) is 1. The molecule has 0 bridgehead atoms. The molecule has 36 heavy (non-hydrogen) atoms. The van der Waals surface area contributed by atoms with E-state index in [1.807, 2.05) is 49.9 Å². The van der Waals surface area contributed by atoms with Crippen LogP contribution < -0.4 is 4.90 Å². The fourth-order valence-corrected chi connectivity index (χ4v) is 5.02. The van der Waals surface area contributed by atoms with Gasteiger partial charge in [-0.3, -0.25) is 4.79 Å². The molecule has 0 atom stereocenters. The fourth-order valence-electron chi connectivity index (χ4n) is 5.02. The van der Waals surface area contributed by atoms with Crippen LogP contribution in [0.3, 0.4) is 0 Å². The van der Waals surface area contributed by atoms with Crippen molar-refractivity contribution in [3.05, 3.63) is 48.5 Å². The maximum Gasteiger partial charge on any atom is 0.410 e. The van der Waals surface area contributed by atoms with E-state index in [1.54, 1.807) is 4.90 Å². The van der Waals surface area contributed by atoms with E-state index < -0.39 is 5.60 Å². The summed E-state index contributed by atoms with van der Waals surface area (Å²) in [7, 11) is 0. The lowest BCUT2D eigenvalue weighted by Gasteiger charge is -2.39. The van der Waals surface area contributed by atoms with E-state index in [-0.39, 0.29) is 17.9 Å². The molecule has 8 heteroatoms. The Hall–Kier alpha value is -3.55. The molecule has 2 aliphatic heterocycles. The minimum atomic E-state index is -0.505. The van der Waals surface area contributed by atoms with Gasteiger partial charge in [0.25, 0.3) is 0 Å². The van der Waals surface area contributed by atoms with Crippen molar-refractivity contribution in [1.29, 1.82) is 0 Å². The number of fused-ring (bicyclic) bond motifs is 1. The number of hydrogen-bond donors (Lipinski definition) is 1. The number of ether oxygens (including phenoxy) is 1. The number of aromatic amines is 1. The Morgan fingerprint density at radius 1 is 0.917 bits per heavy atom. The van der Waals surface area contributed by atoms with Gasteiger partial charge in [0, 0.05) is 56.4 Å². The van der Waals surface area contributed by atoms with Crippen LogP contribution in [0.5, 0.6) is 0 Å². The minimum Gasteiger partial charge on any atom is -0.444 e. The van der Waals surface area contributed by atoms with E-state index in [2.05, 4.69) is 34.1 Å². The highest BCUT2D eigenvalue weighted by Crippen LogP contribution is 2.27. The Morgan fingerprint density at radius 3 is 2.33 bits per heavy atom. The molecule has 190 valence electrons. The number of imidazole rings is 1. The van der Waals surface area contributed by atoms with Crippen molar-refractivity contribution in [2.24, 2.45) is 5.92 Å². The number of carbonyl (C=O) groups is 2. The van der Waals surface area contributed by atoms with Crippen LogP contribution >= 0.6 is 0 Å². The second-order valence-electron chi connectivity index (χ2n) is 10.7. The number of para-hydroxylation sites is 2. The zero-order chi connectivity index (χ0) is 25.3. The number of carbonyl (C=O) groups excluding carboxylic acids is 2. The summed E-state index contributed by atoms with van der Waals surface area (Å²) < 4.78 is 5.48. The number of piperidine rings is 1. The summed E-state index contributed by atoms with van der Waals surface area (Å²) in [5.74, 6) is 1.06. The molecule has 0 spiro atoms. The summed E-state index contributed by atoms with van der Waals surface area (Å²) in [5.41, 5.74) is 3.68. The molecule has 3 aromatic rings. The molecule has 0 unspecified atom stereocenters. The first-order valence-corrected chi connectivity index (χ1v) is 12.8. The first kappa shape index (κ1) is 24.2. The Balaban J connectivity index is 1.15. The van der Waals surface area contributed by atoms with Gasteiger partial charge < -0.3 is 24.4 Å². The van der Waals surface area contributed by atoms with Crippen LogP contribution in [0.15, 0.2) is 48.5 Å². The van der Waals surface area contributed by atoms with Crippen molar-refractivity contribution in [3.8, 4) is 11.4 Å². The summed E-state index contributed by atoms with van der Waals surface area (Å²) in [6, 6.07) is 16.5. The van der Waals surface area contributed by atoms with E-state index in [0.717, 1.165) is 41.2 Å². The molecular weight excluding hydrogens is 454 g/mol. The quantitative estimate of drug-likeness (QED) is 0.585. The lowest BCUT2D eigenvalue weighted by atomic mass is 9.95. The fraction of sp³-hybridized carbons (Fsp3) is 0.464. The third-order valence-corrected chi connectivity index (χ3v) is 6.96. The second-order valence-corrected chi connectivity index (χ2v) is 10.7. The molecular formula is C28H35N5O3. The zero-order valence-electron chi connectivity index (χ0n) is 21.4. The van der Waals surface area contributed by atoms with Crippen LogP contribution in [0.1, 0.15) is 33.6 Å². The first-order chi connectivity index (χ1) is 17.3. The van der Waals surface area contributed by atoms with Gasteiger partial charge in [-0.1, -0.05) is 24.3 Å². The highest BCUT2D eigenvalue weighted by atomic mass is 16.6. The summed E-state index contributed by atoms with van der Waals surface area (Å²) >= 11 is 0. The van der Waals surface area contributed by atoms with Gasteiger partial charge in [-0.15, -0.1) is 0 Å². The van der Waals surface area contributed by atoms with Crippen molar-refractivity contribution < 1.29 is 14.3 Å². The van der Waals surface area contributed by atoms with Gasteiger partial charge in [-0.2, -0.15) is 0 Å². The van der Waals surface area contributed by atoms with E-state index >= 15 is 0 Å². The van der Waals surface area contributed by atoms with Crippen LogP contribution in [-0.4, -0.2) is 76.6 Å². The number of aromatic nitrogens is 2. The molecule has 1 aromatic heterocycles. The number of rotatable bonds is 3. The largest absolute Gasteiger partial charge is 0.444 e. The molecule has 3 heterocycles. The molecule has 0 saturated carbocycles. The van der Waals surface area contributed by atoms with Crippen molar-refractivity contribution in [3.63, 3.8) is 0 Å². The number of nitrogens with one attached hydrogen (secondary N) is 1. The molecule has 2 amide bonds. The van der Waals surface area contributed by atoms with Gasteiger partial charge in [-0.05, 0) is 57.9 Å². The van der Waals surface area contributed by atoms with E-state index in [9.17, 15) is 9.59 Å². The summed E-state index contributed by atoms with van der Waals surface area (Å²) in [5, 5.41) is 0. The van der Waals surface area contributed by atoms with E-state index in [1.165, 1.54) is 0 Å². The number of anilines is 1. The third-order valence-electron chi connectivity index (χ3n) is 6.96. The second kappa shape index (κ2) is 9.84. The Labute approximate surface area is 212 Å². The Morgan fingerprint density at radius 2 is 1.64 bits per heavy atom. The van der Waals surface area contributed by atoms with Crippen molar-refractivity contribution in [1.82, 2.24) is 19.8 Å². The van der Waals surface area contributed by atoms with Gasteiger partial charge in [0.2, 0.25) is 5.91 Å². The van der Waals surface area contributed by atoms with Crippen LogP contribution in [0.25, 0.3) is 22.4 Å². The van der Waals surface area contributed by atoms with Crippen molar-refractivity contribution in [2.45, 2.75) is 39.2 Å². The van der Waals surface area contributed by atoms with Gasteiger partial charge in [-0.25, -0.2) is 9.78 Å². The predicted octanol–water partition coefficient (Wildman–Crippen LogP) is 4.53. The molecule has 2 fully saturated rings. The van der Waals surface area contributed by atoms with Gasteiger partial charge >= 0.3 is 6.09 Å². The highest BCUT2D eigenvalue weighted by molar-refractivity contribution is 5.81. The zero-order valence-corrected chi connectivity index (χ0v) is 21.4. The molecule has 2 aromatic carbocycles. The van der Waals surface area contributed by atoms with E-state index in [4.69, 9.17) is 9.72 Å². The van der Waals surface area contributed by atoms with Crippen LogP contribution in [0, 0.1) is 5.92 Å². The normalized spacial score (nSPS) is 17.5. The maximum atomic E-state index is 13.2. The smallest absolute Gasteiger partial charge is 0.410 e. The van der Waals surface area contributed by atoms with Crippen molar-refractivity contribution in [2.75, 3.05) is 44.2 Å². The lowest BCUT2D eigenvalue weighted by Crippen LogP contribution is -2.52. The molecule has 8 nitrogen and oxygen atoms in total. The van der Waals surface area contributed by atoms with Gasteiger partial charge in [0.05, 0.1) is 11.0 Å². The molecule has 5 rings (SSSR count). The van der Waals surface area contributed by atoms with Gasteiger partial charge in [0.1, 0.15) is 11.4 Å². The van der Waals surface area contributed by atoms with E-state index in [0.29, 0.717) is 39.0 Å². The van der Waals surface area contributed by atoms with Crippen LogP contribution in [0.4, 0.5) is 10.5 Å². The topological polar surface area (TPSA) is 81.8 Å². The van der Waals surface area contributed by atoms with Crippen molar-refractivity contribution >= 4 is 28.7 Å². The SMILES string of the molecule is CC(C)(C)OC(=O)N1CCC(C(=O)N2CCN(c3cccc(-c4nc5ccccc5[nH]4)c3)CC2)CC1. The summed E-state index contributed by atoms with van der Waals surface area (Å²) in [6.07, 6.45) is 1.10. The number of amides is 2. The lowest BCUT2D eigenvalue weighted by molar-refractivity contribution is -0.137. The summed E-state index contributed by atoms with van der Waals surface area (Å²) in [6.45, 7) is 9.76. The molecule has 1 N–H and O–H groups in total. The minimum absolute atomic E-state index is 0.0216. The first-order valence-electron chi connectivity index (χ1n) is 12.8. The number of hydrogen-bond acceptors (Lipinski definition) is 5. The number of piperazine rings is 1. The highest BCUT2D eigenvalue weighted by Gasteiger charge is 2.33. The molecule has 0 aliphatic carbocycles. The predicted molar refractivity (Wildman–Crippen MR) is 141 cm³/mol. The average molecular weight is 490 g/mol. The number of nitrogens with zero attached hydrogens (tertiary/aromatic N) is 4. The monoisotopic (exact) mass is 489 g/mol. The Kier molecular flexibility index (Phi) is 6.60. The van der Waals surface area contributed by atoms with Crippen LogP contribution in [0.2, 0.25) is 0 Å². The maximum absolute atomic E-state index is 13.2. The molecule has 2 saturated heterocycles. The molecule has 0 radical (unpaired) electrons. The average Bonchev–Trinajstić information content (AvgIpc) is 3.32. The number of benzene rings is 2. The van der Waals surface area contributed by atoms with Gasteiger partial charge in [0.15, 0.2) is 0 Å². The standard InChI is InChI=1S/C28H35N5O3/c1-28(2,3)36-27(35)33-13-11-20(12-14-33)26(34)32-17-15-31(16-18-32)22-8-6-7-21(19-22)25-29-23-9-4-5-10-24(23)30-25/h4-10,19-20H,11-18H2,1-3H3,(H,29,30). The third kappa shape index (κ3) is 5.32. The molecule has 2 aliphatic rings.